The number of benzene rings is 3. The van der Waals surface area contributed by atoms with E-state index in [-0.39, 0.29) is 5.91 Å². The van der Waals surface area contributed by atoms with Gasteiger partial charge in [0.2, 0.25) is 0 Å². The van der Waals surface area contributed by atoms with Gasteiger partial charge in [-0.15, -0.1) is 0 Å². The molecule has 0 atom stereocenters. The van der Waals surface area contributed by atoms with Crippen LogP contribution in [0.4, 0.5) is 5.69 Å². The Morgan fingerprint density at radius 3 is 2.18 bits per heavy atom. The molecule has 0 saturated heterocycles. The Morgan fingerprint density at radius 2 is 1.46 bits per heavy atom. The normalized spacial score (nSPS) is 10.8. The Labute approximate surface area is 165 Å². The topological polar surface area (TPSA) is 42.0 Å². The van der Waals surface area contributed by atoms with Gasteiger partial charge in [0.1, 0.15) is 0 Å². The van der Waals surface area contributed by atoms with Crippen molar-refractivity contribution in [1.29, 1.82) is 0 Å². The summed E-state index contributed by atoms with van der Waals surface area (Å²) < 4.78 is 0. The molecule has 138 valence electrons. The number of hydrogen-bond acceptors (Lipinski definition) is 2. The Morgan fingerprint density at radius 1 is 0.821 bits per heavy atom. The minimum atomic E-state index is -0.120. The highest BCUT2D eigenvalue weighted by Crippen LogP contribution is 2.27. The third-order valence-electron chi connectivity index (χ3n) is 4.95. The maximum Gasteiger partial charge on any atom is 0.256 e. The van der Waals surface area contributed by atoms with E-state index in [0.29, 0.717) is 5.56 Å². The number of aromatic nitrogens is 1. The number of rotatable bonds is 3. The number of para-hydroxylation sites is 1. The van der Waals surface area contributed by atoms with E-state index in [1.54, 1.807) is 0 Å². The summed E-state index contributed by atoms with van der Waals surface area (Å²) in [6.07, 6.45) is 0. The molecule has 0 aliphatic carbocycles. The van der Waals surface area contributed by atoms with Crippen molar-refractivity contribution in [3.63, 3.8) is 0 Å². The van der Waals surface area contributed by atoms with Gasteiger partial charge in [-0.25, -0.2) is 4.98 Å². The molecule has 0 aliphatic rings. The van der Waals surface area contributed by atoms with Crippen LogP contribution in [-0.4, -0.2) is 10.9 Å². The molecule has 1 heterocycles. The van der Waals surface area contributed by atoms with Crippen molar-refractivity contribution in [2.75, 3.05) is 5.32 Å². The lowest BCUT2D eigenvalue weighted by molar-refractivity contribution is 0.102. The number of anilines is 1. The first-order chi connectivity index (χ1) is 13.5. The van der Waals surface area contributed by atoms with Crippen LogP contribution < -0.4 is 5.32 Å². The fourth-order valence-electron chi connectivity index (χ4n) is 3.68. The summed E-state index contributed by atoms with van der Waals surface area (Å²) in [6, 6.07) is 23.8. The molecule has 0 spiro atoms. The fourth-order valence-corrected chi connectivity index (χ4v) is 3.68. The smallest absolute Gasteiger partial charge is 0.256 e. The number of carbonyl (C=O) groups is 1. The maximum atomic E-state index is 13.3. The summed E-state index contributed by atoms with van der Waals surface area (Å²) in [5.74, 6) is -0.120. The van der Waals surface area contributed by atoms with Crippen LogP contribution >= 0.6 is 0 Å². The van der Waals surface area contributed by atoms with Crippen LogP contribution in [0, 0.1) is 20.8 Å². The molecule has 4 rings (SSSR count). The summed E-state index contributed by atoms with van der Waals surface area (Å²) in [6.45, 7) is 6.11. The number of pyridine rings is 1. The van der Waals surface area contributed by atoms with E-state index in [2.05, 4.69) is 24.4 Å². The van der Waals surface area contributed by atoms with Crippen molar-refractivity contribution >= 4 is 22.5 Å². The van der Waals surface area contributed by atoms with Gasteiger partial charge in [0.05, 0.1) is 16.8 Å². The molecule has 0 fully saturated rings. The first-order valence-corrected chi connectivity index (χ1v) is 9.37. The van der Waals surface area contributed by atoms with Gasteiger partial charge < -0.3 is 5.32 Å². The molecule has 0 saturated carbocycles. The first-order valence-electron chi connectivity index (χ1n) is 9.37. The Hall–Kier alpha value is -3.46. The maximum absolute atomic E-state index is 13.3. The van der Waals surface area contributed by atoms with Gasteiger partial charge in [-0.2, -0.15) is 0 Å². The summed E-state index contributed by atoms with van der Waals surface area (Å²) in [4.78, 5) is 18.0. The van der Waals surface area contributed by atoms with Gasteiger partial charge >= 0.3 is 0 Å². The van der Waals surface area contributed by atoms with Gasteiger partial charge in [-0.05, 0) is 44.0 Å². The number of fused-ring (bicyclic) bond motifs is 1. The molecule has 1 amide bonds. The molecule has 0 aliphatic heterocycles. The van der Waals surface area contributed by atoms with Gasteiger partial charge in [0.25, 0.3) is 5.91 Å². The van der Waals surface area contributed by atoms with Crippen LogP contribution in [0.25, 0.3) is 22.2 Å². The SMILES string of the molecule is Cc1cc(C)c(NC(=O)c2cc(-c3ccccc3)nc3ccccc23)c(C)c1. The van der Waals surface area contributed by atoms with Crippen LogP contribution in [0.2, 0.25) is 0 Å². The van der Waals surface area contributed by atoms with E-state index in [1.807, 2.05) is 74.5 Å². The lowest BCUT2D eigenvalue weighted by atomic mass is 10.0. The summed E-state index contributed by atoms with van der Waals surface area (Å²) >= 11 is 0. The lowest BCUT2D eigenvalue weighted by Gasteiger charge is -2.14. The lowest BCUT2D eigenvalue weighted by Crippen LogP contribution is -2.15. The number of carbonyl (C=O) groups excluding carboxylic acids is 1. The number of nitrogens with zero attached hydrogens (tertiary/aromatic N) is 1. The largest absolute Gasteiger partial charge is 0.321 e. The highest BCUT2D eigenvalue weighted by atomic mass is 16.1. The zero-order valence-electron chi connectivity index (χ0n) is 16.3. The minimum absolute atomic E-state index is 0.120. The van der Waals surface area contributed by atoms with Gasteiger partial charge in [0, 0.05) is 16.6 Å². The van der Waals surface area contributed by atoms with E-state index in [1.165, 1.54) is 5.56 Å². The van der Waals surface area contributed by atoms with Crippen molar-refractivity contribution in [3.05, 3.63) is 95.1 Å². The van der Waals surface area contributed by atoms with E-state index in [9.17, 15) is 4.79 Å². The van der Waals surface area contributed by atoms with E-state index in [4.69, 9.17) is 4.98 Å². The molecular weight excluding hydrogens is 344 g/mol. The second kappa shape index (κ2) is 7.28. The van der Waals surface area contributed by atoms with Crippen molar-refractivity contribution < 1.29 is 4.79 Å². The Kier molecular flexibility index (Phi) is 4.66. The number of aryl methyl sites for hydroxylation is 3. The molecule has 1 aromatic heterocycles. The zero-order chi connectivity index (χ0) is 19.7. The number of nitrogens with one attached hydrogen (secondary N) is 1. The highest BCUT2D eigenvalue weighted by molar-refractivity contribution is 6.13. The van der Waals surface area contributed by atoms with Gasteiger partial charge in [-0.3, -0.25) is 4.79 Å². The molecule has 0 unspecified atom stereocenters. The van der Waals surface area contributed by atoms with E-state index in [0.717, 1.165) is 39.0 Å². The third-order valence-corrected chi connectivity index (χ3v) is 4.95. The molecule has 28 heavy (non-hydrogen) atoms. The monoisotopic (exact) mass is 366 g/mol. The first kappa shape index (κ1) is 17.9. The number of amides is 1. The average Bonchev–Trinajstić information content (AvgIpc) is 2.70. The molecule has 4 aromatic rings. The van der Waals surface area contributed by atoms with Crippen molar-refractivity contribution in [3.8, 4) is 11.3 Å². The third kappa shape index (κ3) is 3.39. The molecular formula is C25H22N2O. The van der Waals surface area contributed by atoms with Crippen molar-refractivity contribution in [2.45, 2.75) is 20.8 Å². The quantitative estimate of drug-likeness (QED) is 0.477. The number of hydrogen-bond donors (Lipinski definition) is 1. The van der Waals surface area contributed by atoms with Crippen LogP contribution in [0.5, 0.6) is 0 Å². The van der Waals surface area contributed by atoms with Crippen molar-refractivity contribution in [1.82, 2.24) is 4.98 Å². The predicted molar refractivity (Wildman–Crippen MR) is 116 cm³/mol. The van der Waals surface area contributed by atoms with Crippen molar-refractivity contribution in [2.24, 2.45) is 0 Å². The second-order valence-corrected chi connectivity index (χ2v) is 7.17. The molecule has 0 radical (unpaired) electrons. The summed E-state index contributed by atoms with van der Waals surface area (Å²) in [5, 5.41) is 3.98. The second-order valence-electron chi connectivity index (χ2n) is 7.17. The van der Waals surface area contributed by atoms with Crippen LogP contribution in [0.3, 0.4) is 0 Å². The zero-order valence-corrected chi connectivity index (χ0v) is 16.3. The molecule has 0 bridgehead atoms. The van der Waals surface area contributed by atoms with Crippen LogP contribution in [-0.2, 0) is 0 Å². The van der Waals surface area contributed by atoms with E-state index < -0.39 is 0 Å². The molecule has 1 N–H and O–H groups in total. The Bertz CT molecular complexity index is 1160. The summed E-state index contributed by atoms with van der Waals surface area (Å²) in [5.41, 5.74) is 7.41. The Balaban J connectivity index is 1.82. The van der Waals surface area contributed by atoms with E-state index >= 15 is 0 Å². The minimum Gasteiger partial charge on any atom is -0.321 e. The average molecular weight is 366 g/mol. The molecule has 3 aromatic carbocycles. The molecule has 3 heteroatoms. The van der Waals surface area contributed by atoms with Crippen LogP contribution in [0.15, 0.2) is 72.8 Å². The van der Waals surface area contributed by atoms with Gasteiger partial charge in [0.15, 0.2) is 0 Å². The standard InChI is InChI=1S/C25H22N2O/c1-16-13-17(2)24(18(3)14-16)27-25(28)21-15-23(19-9-5-4-6-10-19)26-22-12-8-7-11-20(21)22/h4-15H,1-3H3,(H,27,28). The molecule has 3 nitrogen and oxygen atoms in total. The van der Waals surface area contributed by atoms with Crippen LogP contribution in [0.1, 0.15) is 27.0 Å². The highest BCUT2D eigenvalue weighted by Gasteiger charge is 2.16. The summed E-state index contributed by atoms with van der Waals surface area (Å²) in [7, 11) is 0. The van der Waals surface area contributed by atoms with Gasteiger partial charge in [-0.1, -0.05) is 66.2 Å². The fraction of sp³-hybridized carbons (Fsp3) is 0.120. The predicted octanol–water partition coefficient (Wildman–Crippen LogP) is 6.08.